The minimum Gasteiger partial charge on any atom is -0.333 e. The van der Waals surface area contributed by atoms with Crippen LogP contribution in [0.4, 0.5) is 22.0 Å². The van der Waals surface area contributed by atoms with Gasteiger partial charge < -0.3 is 5.32 Å². The van der Waals surface area contributed by atoms with E-state index in [0.717, 1.165) is 11.0 Å². The zero-order valence-corrected chi connectivity index (χ0v) is 14.6. The number of hydrogen-bond acceptors (Lipinski definition) is 3. The van der Waals surface area contributed by atoms with Crippen molar-refractivity contribution in [2.24, 2.45) is 0 Å². The molecule has 3 rings (SSSR count). The third-order valence-corrected chi connectivity index (χ3v) is 3.99. The molecule has 0 saturated heterocycles. The minimum atomic E-state index is -0.354. The van der Waals surface area contributed by atoms with Crippen LogP contribution in [0, 0.1) is 0 Å². The molecule has 4 N–H and O–H groups in total. The maximum absolute atomic E-state index is 12.9. The van der Waals surface area contributed by atoms with Crippen LogP contribution < -0.4 is 15.7 Å². The summed E-state index contributed by atoms with van der Waals surface area (Å²) in [6.07, 6.45) is 1.57. The van der Waals surface area contributed by atoms with Crippen LogP contribution in [0.5, 0.6) is 0 Å². The number of carbonyl (C=O) groups is 1. The second-order valence-electron chi connectivity index (χ2n) is 5.50. The van der Waals surface area contributed by atoms with Crippen molar-refractivity contribution >= 4 is 34.8 Å². The van der Waals surface area contributed by atoms with Gasteiger partial charge in [-0.1, -0.05) is 41.9 Å². The lowest BCUT2D eigenvalue weighted by Gasteiger charge is -2.22. The smallest absolute Gasteiger partial charge is 0.328 e. The van der Waals surface area contributed by atoms with Gasteiger partial charge in [-0.05, 0) is 35.9 Å². The van der Waals surface area contributed by atoms with Gasteiger partial charge in [-0.3, -0.25) is 0 Å². The summed E-state index contributed by atoms with van der Waals surface area (Å²) < 4.78 is 0. The number of nitrogens with two attached hydrogens (primary N) is 1. The van der Waals surface area contributed by atoms with Crippen LogP contribution in [0.1, 0.15) is 5.56 Å². The van der Waals surface area contributed by atoms with E-state index in [1.807, 2.05) is 30.3 Å². The summed E-state index contributed by atoms with van der Waals surface area (Å²) in [5.41, 5.74) is 2.94. The van der Waals surface area contributed by atoms with Gasteiger partial charge in [0.05, 0.1) is 5.69 Å². The van der Waals surface area contributed by atoms with Gasteiger partial charge >= 0.3 is 6.03 Å². The molecule has 132 valence electrons. The number of quaternary nitrogens is 1. The quantitative estimate of drug-likeness (QED) is 0.603. The van der Waals surface area contributed by atoms with Crippen molar-refractivity contribution in [1.82, 2.24) is 10.3 Å². The monoisotopic (exact) mass is 369 g/mol. The molecule has 1 heterocycles. The minimum absolute atomic E-state index is 0.338. The Morgan fingerprint density at radius 1 is 1.08 bits per heavy atom. The van der Waals surface area contributed by atoms with Crippen molar-refractivity contribution in [3.05, 3.63) is 83.5 Å². The van der Waals surface area contributed by atoms with E-state index in [1.165, 1.54) is 4.90 Å². The van der Waals surface area contributed by atoms with Crippen molar-refractivity contribution in [2.45, 2.75) is 6.54 Å². The highest BCUT2D eigenvalue weighted by Crippen LogP contribution is 2.27. The Balaban J connectivity index is 1.88. The number of amides is 2. The van der Waals surface area contributed by atoms with Gasteiger partial charge in [0.25, 0.3) is 0 Å². The van der Waals surface area contributed by atoms with Gasteiger partial charge in [-0.15, -0.1) is 0 Å². The van der Waals surface area contributed by atoms with Gasteiger partial charge in [-0.2, -0.15) is 5.48 Å². The average molecular weight is 370 g/mol. The Bertz CT molecular complexity index is 872. The molecule has 0 radical (unpaired) electrons. The first kappa shape index (κ1) is 17.9. The van der Waals surface area contributed by atoms with E-state index in [0.29, 0.717) is 28.8 Å². The molecule has 0 bridgehead atoms. The zero-order chi connectivity index (χ0) is 18.4. The molecule has 2 aromatic carbocycles. The van der Waals surface area contributed by atoms with Crippen LogP contribution in [-0.2, 0) is 6.54 Å². The molecule has 2 amide bonds. The Labute approximate surface area is 156 Å². The Hall–Kier alpha value is -2.93. The third-order valence-electron chi connectivity index (χ3n) is 3.74. The number of halogens is 1. The number of urea groups is 1. The van der Waals surface area contributed by atoms with E-state index in [1.54, 1.807) is 42.6 Å². The van der Waals surface area contributed by atoms with Crippen LogP contribution in [0.15, 0.2) is 72.9 Å². The molecule has 0 fully saturated rings. The summed E-state index contributed by atoms with van der Waals surface area (Å²) >= 11 is 5.89. The SMILES string of the molecule is O=C(NCc1ccc(Cl)cc1)N(c1ccccc1)c1ncccc1[NH2+]O. The first-order chi connectivity index (χ1) is 12.7. The highest BCUT2D eigenvalue weighted by atomic mass is 35.5. The number of para-hydroxylation sites is 1. The molecule has 0 saturated carbocycles. The van der Waals surface area contributed by atoms with Crippen molar-refractivity contribution in [1.29, 1.82) is 0 Å². The summed E-state index contributed by atoms with van der Waals surface area (Å²) in [5, 5.41) is 13.0. The zero-order valence-electron chi connectivity index (χ0n) is 13.8. The third kappa shape index (κ3) is 4.18. The first-order valence-electron chi connectivity index (χ1n) is 7.99. The lowest BCUT2D eigenvalue weighted by Crippen LogP contribution is -2.74. The first-order valence-corrected chi connectivity index (χ1v) is 8.37. The molecular formula is C19H18ClN4O2+. The van der Waals surface area contributed by atoms with Crippen molar-refractivity contribution in [3.63, 3.8) is 0 Å². The molecule has 3 aromatic rings. The van der Waals surface area contributed by atoms with Crippen molar-refractivity contribution in [3.8, 4) is 0 Å². The summed E-state index contributed by atoms with van der Waals surface area (Å²) in [6.45, 7) is 0.338. The number of nitrogens with one attached hydrogen (secondary N) is 1. The maximum Gasteiger partial charge on any atom is 0.328 e. The fourth-order valence-electron chi connectivity index (χ4n) is 2.47. The second kappa shape index (κ2) is 8.44. The van der Waals surface area contributed by atoms with Crippen LogP contribution in [-0.4, -0.2) is 16.2 Å². The molecule has 26 heavy (non-hydrogen) atoms. The number of benzene rings is 2. The predicted octanol–water partition coefficient (Wildman–Crippen LogP) is 3.37. The van der Waals surface area contributed by atoms with Gasteiger partial charge in [0.2, 0.25) is 11.5 Å². The topological polar surface area (TPSA) is 82.1 Å². The van der Waals surface area contributed by atoms with Gasteiger partial charge in [0.15, 0.2) is 0 Å². The molecule has 6 nitrogen and oxygen atoms in total. The van der Waals surface area contributed by atoms with E-state index in [4.69, 9.17) is 11.6 Å². The largest absolute Gasteiger partial charge is 0.333 e. The second-order valence-corrected chi connectivity index (χ2v) is 5.94. The lowest BCUT2D eigenvalue weighted by atomic mass is 10.2. The van der Waals surface area contributed by atoms with E-state index < -0.39 is 0 Å². The fraction of sp³-hybridized carbons (Fsp3) is 0.0526. The molecule has 0 spiro atoms. The van der Waals surface area contributed by atoms with Gasteiger partial charge in [-0.25, -0.2) is 19.9 Å². The number of nitrogens with zero attached hydrogens (tertiary/aromatic N) is 2. The highest BCUT2D eigenvalue weighted by molar-refractivity contribution is 6.30. The number of hydrogen-bond donors (Lipinski definition) is 3. The number of rotatable bonds is 5. The molecule has 7 heteroatoms. The molecule has 0 aliphatic carbocycles. The molecular weight excluding hydrogens is 352 g/mol. The highest BCUT2D eigenvalue weighted by Gasteiger charge is 2.23. The van der Waals surface area contributed by atoms with E-state index in [9.17, 15) is 10.0 Å². The van der Waals surface area contributed by atoms with E-state index >= 15 is 0 Å². The molecule has 0 aliphatic heterocycles. The number of anilines is 2. The molecule has 1 aromatic heterocycles. The summed E-state index contributed by atoms with van der Waals surface area (Å²) in [5.74, 6) is 0.342. The van der Waals surface area contributed by atoms with E-state index in [2.05, 4.69) is 10.3 Å². The van der Waals surface area contributed by atoms with Gasteiger partial charge in [0.1, 0.15) is 0 Å². The Morgan fingerprint density at radius 3 is 2.50 bits per heavy atom. The Kier molecular flexibility index (Phi) is 5.80. The number of carbonyl (C=O) groups excluding carboxylic acids is 1. The number of pyridine rings is 1. The summed E-state index contributed by atoms with van der Waals surface area (Å²) in [6, 6.07) is 19.4. The van der Waals surface area contributed by atoms with Crippen LogP contribution in [0.25, 0.3) is 0 Å². The normalized spacial score (nSPS) is 10.4. The van der Waals surface area contributed by atoms with Crippen LogP contribution in [0.2, 0.25) is 5.02 Å². The van der Waals surface area contributed by atoms with Gasteiger partial charge in [0, 0.05) is 23.8 Å². The molecule has 0 unspecified atom stereocenters. The van der Waals surface area contributed by atoms with Crippen molar-refractivity contribution in [2.75, 3.05) is 4.90 Å². The summed E-state index contributed by atoms with van der Waals surface area (Å²) in [7, 11) is 0. The van der Waals surface area contributed by atoms with Crippen LogP contribution in [0.3, 0.4) is 0 Å². The standard InChI is InChI=1S/C19H17ClN4O2/c20-15-10-8-14(9-11-15)13-22-19(25)24(16-5-2-1-3-6-16)18-17(23-26)7-4-12-21-18/h1-12,23,26H,13H2,(H,22,25)/p+1. The van der Waals surface area contributed by atoms with E-state index in [-0.39, 0.29) is 6.03 Å². The summed E-state index contributed by atoms with van der Waals surface area (Å²) in [4.78, 5) is 18.6. The molecule has 0 aliphatic rings. The Morgan fingerprint density at radius 2 is 1.81 bits per heavy atom. The fourth-order valence-corrected chi connectivity index (χ4v) is 2.59. The lowest BCUT2D eigenvalue weighted by molar-refractivity contribution is -0.825. The van der Waals surface area contributed by atoms with Crippen LogP contribution >= 0.6 is 11.6 Å². The maximum atomic E-state index is 12.9. The van der Waals surface area contributed by atoms with Crippen molar-refractivity contribution < 1.29 is 15.5 Å². The number of aromatic nitrogens is 1. The predicted molar refractivity (Wildman–Crippen MR) is 99.9 cm³/mol. The molecule has 0 atom stereocenters. The average Bonchev–Trinajstić information content (AvgIpc) is 2.69.